The maximum Gasteiger partial charge on any atom is 0.317 e. The summed E-state index contributed by atoms with van der Waals surface area (Å²) < 4.78 is 29.0. The number of nitrogens with zero attached hydrogens (tertiary/aromatic N) is 2. The number of nitrogen functional groups attached to an aromatic ring is 1. The van der Waals surface area contributed by atoms with Gasteiger partial charge in [-0.05, 0) is 72.8 Å². The second-order valence-electron chi connectivity index (χ2n) is 5.77. The second kappa shape index (κ2) is 8.82. The summed E-state index contributed by atoms with van der Waals surface area (Å²) in [6.07, 6.45) is 0. The largest absolute Gasteiger partial charge is 0.399 e. The topological polar surface area (TPSA) is 123 Å². The van der Waals surface area contributed by atoms with Gasteiger partial charge in [-0.2, -0.15) is 8.42 Å². The zero-order valence-corrected chi connectivity index (χ0v) is 16.4. The first kappa shape index (κ1) is 20.5. The van der Waals surface area contributed by atoms with Crippen molar-refractivity contribution in [3.05, 3.63) is 83.4 Å². The van der Waals surface area contributed by atoms with Crippen LogP contribution >= 0.6 is 11.6 Å². The number of nitrogens with one attached hydrogen (secondary N) is 1. The van der Waals surface area contributed by atoms with Gasteiger partial charge in [0.1, 0.15) is 0 Å². The third-order valence-corrected chi connectivity index (χ3v) is 5.06. The van der Waals surface area contributed by atoms with Crippen molar-refractivity contribution >= 4 is 44.7 Å². The molecule has 1 amide bonds. The maximum absolute atomic E-state index is 12.1. The molecule has 0 fully saturated rings. The van der Waals surface area contributed by atoms with Gasteiger partial charge in [-0.15, -0.1) is 14.5 Å². The molecule has 0 unspecified atom stereocenters. The standard InChI is InChI=1S/C19H15ClN4O4S/c20-14-3-11-18(12-4-14)29(26,27)28-24-17-9-7-16(8-10-17)22-23-19(25)13-1-5-15(21)6-2-13/h1-12,24H,21H2. The van der Waals surface area contributed by atoms with Crippen LogP contribution in [0.5, 0.6) is 0 Å². The van der Waals surface area contributed by atoms with Crippen molar-refractivity contribution in [2.45, 2.75) is 4.90 Å². The molecule has 0 bridgehead atoms. The van der Waals surface area contributed by atoms with Crippen LogP contribution in [0.1, 0.15) is 10.4 Å². The summed E-state index contributed by atoms with van der Waals surface area (Å²) in [6, 6.07) is 18.0. The molecule has 0 aliphatic rings. The number of amides is 1. The van der Waals surface area contributed by atoms with Crippen LogP contribution in [-0.4, -0.2) is 14.3 Å². The van der Waals surface area contributed by atoms with Gasteiger partial charge in [-0.3, -0.25) is 4.79 Å². The Hall–Kier alpha value is -3.27. The van der Waals surface area contributed by atoms with E-state index in [9.17, 15) is 13.2 Å². The summed E-state index contributed by atoms with van der Waals surface area (Å²) in [6.45, 7) is 0. The lowest BCUT2D eigenvalue weighted by Crippen LogP contribution is -2.11. The lowest BCUT2D eigenvalue weighted by Gasteiger charge is -2.07. The molecule has 0 spiro atoms. The molecule has 0 atom stereocenters. The Morgan fingerprint density at radius 2 is 1.55 bits per heavy atom. The first-order valence-electron chi connectivity index (χ1n) is 8.20. The predicted molar refractivity (Wildman–Crippen MR) is 109 cm³/mol. The van der Waals surface area contributed by atoms with E-state index in [2.05, 4.69) is 15.7 Å². The van der Waals surface area contributed by atoms with E-state index in [4.69, 9.17) is 21.6 Å². The van der Waals surface area contributed by atoms with Gasteiger partial charge in [0.2, 0.25) is 0 Å². The third kappa shape index (κ3) is 5.61. The van der Waals surface area contributed by atoms with E-state index in [1.165, 1.54) is 36.4 Å². The number of anilines is 2. The van der Waals surface area contributed by atoms with Crippen molar-refractivity contribution in [2.24, 2.45) is 10.2 Å². The van der Waals surface area contributed by atoms with E-state index in [1.54, 1.807) is 36.4 Å². The fraction of sp³-hybridized carbons (Fsp3) is 0. The predicted octanol–water partition coefficient (Wildman–Crippen LogP) is 4.58. The van der Waals surface area contributed by atoms with Gasteiger partial charge in [0.15, 0.2) is 0 Å². The highest BCUT2D eigenvalue weighted by Gasteiger charge is 2.15. The highest BCUT2D eigenvalue weighted by molar-refractivity contribution is 7.86. The molecule has 0 aromatic heterocycles. The van der Waals surface area contributed by atoms with E-state index < -0.39 is 16.0 Å². The van der Waals surface area contributed by atoms with Crippen LogP contribution < -0.4 is 11.2 Å². The summed E-state index contributed by atoms with van der Waals surface area (Å²) in [7, 11) is -4.01. The zero-order valence-electron chi connectivity index (χ0n) is 14.8. The fourth-order valence-corrected chi connectivity index (χ4v) is 3.03. The van der Waals surface area contributed by atoms with Crippen LogP contribution in [0.3, 0.4) is 0 Å². The van der Waals surface area contributed by atoms with Crippen LogP contribution in [0.4, 0.5) is 17.1 Å². The first-order valence-corrected chi connectivity index (χ1v) is 9.99. The van der Waals surface area contributed by atoms with Crippen LogP contribution in [0.25, 0.3) is 0 Å². The SMILES string of the molecule is Nc1ccc(C(=O)N=Nc2ccc(NOS(=O)(=O)c3ccc(Cl)cc3)cc2)cc1. The number of carbonyl (C=O) groups is 1. The minimum absolute atomic E-state index is 0.0407. The molecule has 8 nitrogen and oxygen atoms in total. The average Bonchev–Trinajstić information content (AvgIpc) is 2.72. The van der Waals surface area contributed by atoms with Crippen molar-refractivity contribution in [3.8, 4) is 0 Å². The van der Waals surface area contributed by atoms with Crippen molar-refractivity contribution in [1.29, 1.82) is 0 Å². The first-order chi connectivity index (χ1) is 13.8. The molecule has 0 radical (unpaired) electrons. The van der Waals surface area contributed by atoms with Crippen LogP contribution in [0, 0.1) is 0 Å². The zero-order chi connectivity index (χ0) is 20.9. The molecular weight excluding hydrogens is 416 g/mol. The molecule has 29 heavy (non-hydrogen) atoms. The summed E-state index contributed by atoms with van der Waals surface area (Å²) in [5, 5.41) is 7.91. The Labute approximate surface area is 172 Å². The van der Waals surface area contributed by atoms with Crippen molar-refractivity contribution < 1.29 is 17.5 Å². The summed E-state index contributed by atoms with van der Waals surface area (Å²) in [4.78, 5) is 11.9. The molecule has 0 aliphatic carbocycles. The van der Waals surface area contributed by atoms with Gasteiger partial charge in [-0.25, -0.2) is 5.48 Å². The highest BCUT2D eigenvalue weighted by atomic mass is 35.5. The number of halogens is 1. The van der Waals surface area contributed by atoms with Gasteiger partial charge < -0.3 is 5.73 Å². The smallest absolute Gasteiger partial charge is 0.317 e. The van der Waals surface area contributed by atoms with Gasteiger partial charge in [0, 0.05) is 16.3 Å². The molecule has 0 saturated heterocycles. The minimum atomic E-state index is -4.01. The minimum Gasteiger partial charge on any atom is -0.399 e. The Balaban J connectivity index is 1.60. The van der Waals surface area contributed by atoms with E-state index >= 15 is 0 Å². The summed E-state index contributed by atoms with van der Waals surface area (Å²) in [5.74, 6) is -0.510. The monoisotopic (exact) mass is 430 g/mol. The van der Waals surface area contributed by atoms with Gasteiger partial charge in [0.25, 0.3) is 5.91 Å². The molecule has 148 valence electrons. The maximum atomic E-state index is 12.1. The number of rotatable bonds is 6. The molecule has 3 aromatic rings. The van der Waals surface area contributed by atoms with Crippen LogP contribution in [0.2, 0.25) is 5.02 Å². The molecule has 0 heterocycles. The molecule has 0 aliphatic heterocycles. The van der Waals surface area contributed by atoms with Gasteiger partial charge >= 0.3 is 10.1 Å². The van der Waals surface area contributed by atoms with Crippen molar-refractivity contribution in [1.82, 2.24) is 0 Å². The fourth-order valence-electron chi connectivity index (χ4n) is 2.14. The normalized spacial score (nSPS) is 11.5. The van der Waals surface area contributed by atoms with Crippen LogP contribution in [-0.2, 0) is 14.4 Å². The van der Waals surface area contributed by atoms with Crippen LogP contribution in [0.15, 0.2) is 87.9 Å². The molecule has 10 heteroatoms. The van der Waals surface area contributed by atoms with Gasteiger partial charge in [0.05, 0.1) is 16.3 Å². The third-order valence-electron chi connectivity index (χ3n) is 3.65. The number of hydrogen-bond donors (Lipinski definition) is 2. The lowest BCUT2D eigenvalue weighted by atomic mass is 10.2. The molecule has 3 aromatic carbocycles. The summed E-state index contributed by atoms with van der Waals surface area (Å²) in [5.41, 5.74) is 9.60. The average molecular weight is 431 g/mol. The Bertz CT molecular complexity index is 1130. The Kier molecular flexibility index (Phi) is 6.23. The Morgan fingerprint density at radius 1 is 0.931 bits per heavy atom. The lowest BCUT2D eigenvalue weighted by molar-refractivity contribution is 0.0995. The van der Waals surface area contributed by atoms with E-state index in [1.807, 2.05) is 0 Å². The van der Waals surface area contributed by atoms with Gasteiger partial charge in [-0.1, -0.05) is 11.6 Å². The van der Waals surface area contributed by atoms with E-state index in [0.717, 1.165) is 0 Å². The van der Waals surface area contributed by atoms with E-state index in [0.29, 0.717) is 27.6 Å². The molecule has 3 N–H and O–H groups in total. The molecule has 3 rings (SSSR count). The Morgan fingerprint density at radius 3 is 2.17 bits per heavy atom. The number of benzene rings is 3. The number of hydrogen-bond acceptors (Lipinski definition) is 7. The molecule has 0 saturated carbocycles. The van der Waals surface area contributed by atoms with Crippen molar-refractivity contribution in [2.75, 3.05) is 11.2 Å². The second-order valence-corrected chi connectivity index (χ2v) is 7.75. The highest BCUT2D eigenvalue weighted by Crippen LogP contribution is 2.20. The van der Waals surface area contributed by atoms with E-state index in [-0.39, 0.29) is 4.90 Å². The van der Waals surface area contributed by atoms with Crippen molar-refractivity contribution in [3.63, 3.8) is 0 Å². The summed E-state index contributed by atoms with van der Waals surface area (Å²) >= 11 is 5.74. The number of nitrogens with two attached hydrogens (primary N) is 1. The molecular formula is C19H15ClN4O4S. The number of carbonyl (C=O) groups excluding carboxylic acids is 1. The quantitative estimate of drug-likeness (QED) is 0.335. The number of azo groups is 1.